The Labute approximate surface area is 123 Å². The van der Waals surface area contributed by atoms with E-state index in [1.54, 1.807) is 0 Å². The van der Waals surface area contributed by atoms with E-state index < -0.39 is 27.5 Å². The Balaban J connectivity index is 2.35. The van der Waals surface area contributed by atoms with Crippen LogP contribution in [-0.2, 0) is 4.79 Å². The molecule has 7 nitrogen and oxygen atoms in total. The molecule has 2 rings (SSSR count). The van der Waals surface area contributed by atoms with E-state index in [1.807, 2.05) is 0 Å². The summed E-state index contributed by atoms with van der Waals surface area (Å²) in [7, 11) is 0. The van der Waals surface area contributed by atoms with Gasteiger partial charge in [0, 0.05) is 12.6 Å². The first-order chi connectivity index (χ1) is 9.93. The zero-order valence-electron chi connectivity index (χ0n) is 10.7. The number of phenolic OH excluding ortho intramolecular Hbond substituents is 1. The summed E-state index contributed by atoms with van der Waals surface area (Å²) in [6.45, 7) is 3.57. The molecular weight excluding hydrogens is 296 g/mol. The van der Waals surface area contributed by atoms with Gasteiger partial charge in [-0.15, -0.1) is 6.58 Å². The second-order valence-electron chi connectivity index (χ2n) is 4.09. The topological polar surface area (TPSA) is 101 Å². The van der Waals surface area contributed by atoms with Crippen LogP contribution < -0.4 is 0 Å². The Kier molecular flexibility index (Phi) is 4.08. The largest absolute Gasteiger partial charge is 0.502 e. The number of nitrogens with zero attached hydrogens (tertiary/aromatic N) is 2. The molecule has 8 heteroatoms. The van der Waals surface area contributed by atoms with Gasteiger partial charge in [0.25, 0.3) is 11.1 Å². The highest BCUT2D eigenvalue weighted by atomic mass is 32.2. The molecule has 2 amide bonds. The molecule has 21 heavy (non-hydrogen) atoms. The lowest BCUT2D eigenvalue weighted by Crippen LogP contribution is -2.27. The molecular formula is C13H10N2O5S. The number of carbonyl (C=O) groups excluding carboxylic acids is 2. The molecule has 0 radical (unpaired) electrons. The van der Waals surface area contributed by atoms with Gasteiger partial charge >= 0.3 is 5.69 Å². The average Bonchev–Trinajstić information content (AvgIpc) is 2.69. The van der Waals surface area contributed by atoms with Crippen LogP contribution in [0.25, 0.3) is 6.08 Å². The van der Waals surface area contributed by atoms with Crippen molar-refractivity contribution in [3.05, 3.63) is 51.4 Å². The van der Waals surface area contributed by atoms with Crippen LogP contribution in [0.3, 0.4) is 0 Å². The fourth-order valence-corrected chi connectivity index (χ4v) is 2.56. The zero-order valence-corrected chi connectivity index (χ0v) is 11.5. The minimum absolute atomic E-state index is 0.109. The van der Waals surface area contributed by atoms with Gasteiger partial charge in [-0.1, -0.05) is 12.1 Å². The third-order valence-corrected chi connectivity index (χ3v) is 3.59. The summed E-state index contributed by atoms with van der Waals surface area (Å²) in [6, 6.07) is 3.72. The van der Waals surface area contributed by atoms with Crippen molar-refractivity contribution in [2.75, 3.05) is 6.54 Å². The molecule has 0 atom stereocenters. The predicted octanol–water partition coefficient (Wildman–Crippen LogP) is 2.52. The number of phenols is 1. The highest BCUT2D eigenvalue weighted by molar-refractivity contribution is 8.18. The number of thioether (sulfide) groups is 1. The Hall–Kier alpha value is -2.61. The van der Waals surface area contributed by atoms with Crippen LogP contribution in [0.2, 0.25) is 0 Å². The monoisotopic (exact) mass is 306 g/mol. The number of hydrogen-bond acceptors (Lipinski definition) is 6. The van der Waals surface area contributed by atoms with Crippen LogP contribution >= 0.6 is 11.8 Å². The maximum absolute atomic E-state index is 12.0. The number of nitro benzene ring substituents is 1. The maximum atomic E-state index is 12.0. The van der Waals surface area contributed by atoms with Crippen molar-refractivity contribution in [2.45, 2.75) is 0 Å². The van der Waals surface area contributed by atoms with Crippen LogP contribution in [0.5, 0.6) is 5.75 Å². The minimum Gasteiger partial charge on any atom is -0.502 e. The zero-order chi connectivity index (χ0) is 15.6. The van der Waals surface area contributed by atoms with Gasteiger partial charge in [-0.05, 0) is 29.5 Å². The van der Waals surface area contributed by atoms with E-state index in [1.165, 1.54) is 18.2 Å². The molecule has 1 aromatic rings. The van der Waals surface area contributed by atoms with Crippen molar-refractivity contribution in [3.63, 3.8) is 0 Å². The molecule has 0 aliphatic carbocycles. The van der Waals surface area contributed by atoms with Gasteiger partial charge in [-0.3, -0.25) is 24.6 Å². The van der Waals surface area contributed by atoms with Gasteiger partial charge in [0.2, 0.25) is 0 Å². The molecule has 1 aliphatic heterocycles. The first-order valence-electron chi connectivity index (χ1n) is 5.77. The molecule has 1 aliphatic rings. The number of amides is 2. The van der Waals surface area contributed by atoms with Crippen LogP contribution in [0, 0.1) is 10.1 Å². The van der Waals surface area contributed by atoms with Gasteiger partial charge < -0.3 is 5.11 Å². The number of rotatable bonds is 4. The summed E-state index contributed by atoms with van der Waals surface area (Å²) < 4.78 is 0. The first kappa shape index (κ1) is 14.8. The molecule has 1 N–H and O–H groups in total. The molecule has 0 spiro atoms. The van der Waals surface area contributed by atoms with Crippen LogP contribution in [0.4, 0.5) is 10.5 Å². The minimum atomic E-state index is -0.726. The highest BCUT2D eigenvalue weighted by Crippen LogP contribution is 2.33. The molecule has 1 saturated heterocycles. The lowest BCUT2D eigenvalue weighted by atomic mass is 10.1. The lowest BCUT2D eigenvalue weighted by molar-refractivity contribution is -0.385. The van der Waals surface area contributed by atoms with Crippen molar-refractivity contribution < 1.29 is 19.6 Å². The van der Waals surface area contributed by atoms with Gasteiger partial charge in [0.05, 0.1) is 9.83 Å². The van der Waals surface area contributed by atoms with Gasteiger partial charge in [0.15, 0.2) is 5.75 Å². The Morgan fingerprint density at radius 3 is 2.76 bits per heavy atom. The van der Waals surface area contributed by atoms with Crippen molar-refractivity contribution in [3.8, 4) is 5.75 Å². The van der Waals surface area contributed by atoms with E-state index in [0.717, 1.165) is 28.8 Å². The van der Waals surface area contributed by atoms with Crippen molar-refractivity contribution in [1.82, 2.24) is 4.90 Å². The Morgan fingerprint density at radius 1 is 1.43 bits per heavy atom. The third kappa shape index (κ3) is 2.95. The number of hydrogen-bond donors (Lipinski definition) is 1. The quantitative estimate of drug-likeness (QED) is 0.397. The van der Waals surface area contributed by atoms with Gasteiger partial charge in [0.1, 0.15) is 0 Å². The van der Waals surface area contributed by atoms with Gasteiger partial charge in [-0.25, -0.2) is 0 Å². The normalized spacial score (nSPS) is 16.6. The summed E-state index contributed by atoms with van der Waals surface area (Å²) in [5, 5.41) is 19.7. The van der Waals surface area contributed by atoms with E-state index in [2.05, 4.69) is 6.58 Å². The lowest BCUT2D eigenvalue weighted by Gasteiger charge is -2.07. The molecule has 0 saturated carbocycles. The van der Waals surface area contributed by atoms with E-state index in [9.17, 15) is 24.8 Å². The fourth-order valence-electron chi connectivity index (χ4n) is 1.71. The number of carbonyl (C=O) groups is 2. The number of imide groups is 1. The van der Waals surface area contributed by atoms with E-state index in [-0.39, 0.29) is 11.4 Å². The number of nitro groups is 1. The summed E-state index contributed by atoms with van der Waals surface area (Å²) in [5.41, 5.74) is -0.113. The molecule has 1 heterocycles. The maximum Gasteiger partial charge on any atom is 0.311 e. The predicted molar refractivity (Wildman–Crippen MR) is 77.6 cm³/mol. The number of benzene rings is 1. The third-order valence-electron chi connectivity index (χ3n) is 2.68. The fraction of sp³-hybridized carbons (Fsp3) is 0.0769. The standard InChI is InChI=1S/C13H10N2O5S/c1-2-5-14-12(17)11(21-13(14)18)7-8-3-4-10(16)9(6-8)15(19)20/h2-4,6-7,16H,1,5H2/b11-7-. The summed E-state index contributed by atoms with van der Waals surface area (Å²) in [5.74, 6) is -0.933. The SMILES string of the molecule is C=CCN1C(=O)S/C(=C\c2ccc(O)c([N+](=O)[O-])c2)C1=O. The first-order valence-corrected chi connectivity index (χ1v) is 6.59. The average molecular weight is 306 g/mol. The molecule has 108 valence electrons. The highest BCUT2D eigenvalue weighted by Gasteiger charge is 2.34. The van der Waals surface area contributed by atoms with Crippen LogP contribution in [0.15, 0.2) is 35.8 Å². The summed E-state index contributed by atoms with van der Waals surface area (Å²) in [6.07, 6.45) is 2.81. The van der Waals surface area contributed by atoms with Crippen molar-refractivity contribution in [2.24, 2.45) is 0 Å². The Morgan fingerprint density at radius 2 is 2.14 bits per heavy atom. The smallest absolute Gasteiger partial charge is 0.311 e. The van der Waals surface area contributed by atoms with Gasteiger partial charge in [-0.2, -0.15) is 0 Å². The van der Waals surface area contributed by atoms with E-state index in [4.69, 9.17) is 0 Å². The van der Waals surface area contributed by atoms with E-state index in [0.29, 0.717) is 5.56 Å². The van der Waals surface area contributed by atoms with E-state index >= 15 is 0 Å². The summed E-state index contributed by atoms with van der Waals surface area (Å²) in [4.78, 5) is 34.8. The number of aromatic hydroxyl groups is 1. The molecule has 1 fully saturated rings. The molecule has 0 unspecified atom stereocenters. The van der Waals surface area contributed by atoms with Crippen molar-refractivity contribution >= 4 is 34.7 Å². The molecule has 1 aromatic carbocycles. The second-order valence-corrected chi connectivity index (χ2v) is 5.08. The van der Waals surface area contributed by atoms with Crippen LogP contribution in [-0.4, -0.2) is 32.6 Å². The van der Waals surface area contributed by atoms with Crippen LogP contribution in [0.1, 0.15) is 5.56 Å². The second kappa shape index (κ2) is 5.80. The Bertz CT molecular complexity index is 683. The van der Waals surface area contributed by atoms with Crippen molar-refractivity contribution in [1.29, 1.82) is 0 Å². The molecule has 0 bridgehead atoms. The summed E-state index contributed by atoms with van der Waals surface area (Å²) >= 11 is 0.753. The molecule has 0 aromatic heterocycles.